The van der Waals surface area contributed by atoms with Crippen LogP contribution in [0.25, 0.3) is 0 Å². The molecule has 11 heavy (non-hydrogen) atoms. The Kier molecular flexibility index (Phi) is 4.55. The fourth-order valence-electron chi connectivity index (χ4n) is 1.04. The molecule has 0 aliphatic heterocycles. The lowest BCUT2D eigenvalue weighted by Crippen LogP contribution is -1.81. The van der Waals surface area contributed by atoms with Crippen LogP contribution in [-0.2, 0) is 6.42 Å². The molecule has 0 amide bonds. The van der Waals surface area contributed by atoms with Crippen molar-refractivity contribution in [2.24, 2.45) is 0 Å². The van der Waals surface area contributed by atoms with Gasteiger partial charge >= 0.3 is 0 Å². The smallest absolute Gasteiger partial charge is 0.0281 e. The molecule has 0 saturated heterocycles. The summed E-state index contributed by atoms with van der Waals surface area (Å²) in [6.07, 6.45) is 2.45. The SMILES string of the molecule is CCCc1ccc(C)cc1.N. The standard InChI is InChI=1S/C10H14.H3N/c1-3-4-10-7-5-9(2)6-8-10;/h5-8H,3-4H2,1-2H3;1H3. The van der Waals surface area contributed by atoms with E-state index in [1.165, 1.54) is 24.0 Å². The topological polar surface area (TPSA) is 35.0 Å². The quantitative estimate of drug-likeness (QED) is 0.692. The van der Waals surface area contributed by atoms with Crippen LogP contribution >= 0.6 is 0 Å². The largest absolute Gasteiger partial charge is 0.344 e. The summed E-state index contributed by atoms with van der Waals surface area (Å²) in [4.78, 5) is 0. The molecule has 1 aromatic rings. The Bertz CT molecular complexity index is 189. The summed E-state index contributed by atoms with van der Waals surface area (Å²) in [5, 5.41) is 0. The van der Waals surface area contributed by atoms with E-state index >= 15 is 0 Å². The highest BCUT2D eigenvalue weighted by Gasteiger charge is 1.87. The predicted octanol–water partition coefficient (Wildman–Crippen LogP) is 3.11. The molecule has 0 aliphatic rings. The Morgan fingerprint density at radius 2 is 1.64 bits per heavy atom. The lowest BCUT2D eigenvalue weighted by molar-refractivity contribution is 0.921. The molecule has 0 unspecified atom stereocenters. The summed E-state index contributed by atoms with van der Waals surface area (Å²) >= 11 is 0. The van der Waals surface area contributed by atoms with Crippen molar-refractivity contribution < 1.29 is 0 Å². The van der Waals surface area contributed by atoms with Gasteiger partial charge in [0.05, 0.1) is 0 Å². The third-order valence-corrected chi connectivity index (χ3v) is 1.66. The molecule has 1 aromatic carbocycles. The zero-order valence-electron chi connectivity index (χ0n) is 7.43. The van der Waals surface area contributed by atoms with Crippen molar-refractivity contribution in [3.63, 3.8) is 0 Å². The monoisotopic (exact) mass is 151 g/mol. The van der Waals surface area contributed by atoms with Gasteiger partial charge in [0.2, 0.25) is 0 Å². The summed E-state index contributed by atoms with van der Waals surface area (Å²) in [5.41, 5.74) is 2.80. The van der Waals surface area contributed by atoms with Gasteiger partial charge in [-0.25, -0.2) is 0 Å². The highest BCUT2D eigenvalue weighted by atomic mass is 14.0. The van der Waals surface area contributed by atoms with Gasteiger partial charge in [-0.2, -0.15) is 0 Å². The molecule has 0 bridgehead atoms. The van der Waals surface area contributed by atoms with Crippen LogP contribution in [0.5, 0.6) is 0 Å². The van der Waals surface area contributed by atoms with E-state index < -0.39 is 0 Å². The van der Waals surface area contributed by atoms with Gasteiger partial charge in [-0.3, -0.25) is 0 Å². The van der Waals surface area contributed by atoms with E-state index in [1.54, 1.807) is 0 Å². The average Bonchev–Trinajstić information content (AvgIpc) is 1.95. The summed E-state index contributed by atoms with van der Waals surface area (Å²) in [6.45, 7) is 4.33. The van der Waals surface area contributed by atoms with Gasteiger partial charge in [-0.15, -0.1) is 0 Å². The molecule has 1 rings (SSSR count). The summed E-state index contributed by atoms with van der Waals surface area (Å²) in [6, 6.07) is 8.76. The average molecular weight is 151 g/mol. The van der Waals surface area contributed by atoms with E-state index in [1.807, 2.05) is 0 Å². The third kappa shape index (κ3) is 3.19. The van der Waals surface area contributed by atoms with Crippen molar-refractivity contribution in [3.05, 3.63) is 35.4 Å². The number of aryl methyl sites for hydroxylation is 2. The molecule has 3 N–H and O–H groups in total. The van der Waals surface area contributed by atoms with E-state index in [-0.39, 0.29) is 6.15 Å². The van der Waals surface area contributed by atoms with E-state index in [9.17, 15) is 0 Å². The summed E-state index contributed by atoms with van der Waals surface area (Å²) in [7, 11) is 0. The van der Waals surface area contributed by atoms with Crippen molar-refractivity contribution in [3.8, 4) is 0 Å². The van der Waals surface area contributed by atoms with Crippen LogP contribution < -0.4 is 6.15 Å². The van der Waals surface area contributed by atoms with Gasteiger partial charge in [-0.05, 0) is 18.9 Å². The van der Waals surface area contributed by atoms with Gasteiger partial charge in [0.25, 0.3) is 0 Å². The lowest BCUT2D eigenvalue weighted by Gasteiger charge is -1.97. The van der Waals surface area contributed by atoms with Crippen molar-refractivity contribution >= 4 is 0 Å². The zero-order chi connectivity index (χ0) is 7.40. The molecule has 0 fully saturated rings. The Hall–Kier alpha value is -0.820. The summed E-state index contributed by atoms with van der Waals surface area (Å²) < 4.78 is 0. The van der Waals surface area contributed by atoms with E-state index in [4.69, 9.17) is 0 Å². The van der Waals surface area contributed by atoms with Crippen LogP contribution in [0, 0.1) is 6.92 Å². The molecule has 0 aromatic heterocycles. The number of rotatable bonds is 2. The van der Waals surface area contributed by atoms with Gasteiger partial charge in [0.15, 0.2) is 0 Å². The first-order chi connectivity index (χ1) is 4.83. The lowest BCUT2D eigenvalue weighted by atomic mass is 10.1. The molecule has 0 spiro atoms. The Balaban J connectivity index is 0.000001000. The summed E-state index contributed by atoms with van der Waals surface area (Å²) in [5.74, 6) is 0. The van der Waals surface area contributed by atoms with Crippen LogP contribution in [-0.4, -0.2) is 0 Å². The first-order valence-corrected chi connectivity index (χ1v) is 3.88. The van der Waals surface area contributed by atoms with Crippen LogP contribution in [0.15, 0.2) is 24.3 Å². The van der Waals surface area contributed by atoms with E-state index in [0.717, 1.165) is 0 Å². The van der Waals surface area contributed by atoms with Gasteiger partial charge in [-0.1, -0.05) is 43.2 Å². The van der Waals surface area contributed by atoms with E-state index in [0.29, 0.717) is 0 Å². The van der Waals surface area contributed by atoms with Crippen LogP contribution in [0.2, 0.25) is 0 Å². The first-order valence-electron chi connectivity index (χ1n) is 3.88. The predicted molar refractivity (Wildman–Crippen MR) is 50.2 cm³/mol. The van der Waals surface area contributed by atoms with Crippen molar-refractivity contribution in [1.82, 2.24) is 6.15 Å². The van der Waals surface area contributed by atoms with Crippen LogP contribution in [0.1, 0.15) is 24.5 Å². The number of benzene rings is 1. The molecule has 0 radical (unpaired) electrons. The Morgan fingerprint density at radius 3 is 2.09 bits per heavy atom. The molecular weight excluding hydrogens is 134 g/mol. The second kappa shape index (κ2) is 4.91. The highest BCUT2D eigenvalue weighted by molar-refractivity contribution is 5.21. The molecule has 1 nitrogen and oxygen atoms in total. The minimum atomic E-state index is 0. The van der Waals surface area contributed by atoms with Crippen LogP contribution in [0.4, 0.5) is 0 Å². The van der Waals surface area contributed by atoms with Gasteiger partial charge in [0, 0.05) is 0 Å². The van der Waals surface area contributed by atoms with Crippen LogP contribution in [0.3, 0.4) is 0 Å². The second-order valence-corrected chi connectivity index (χ2v) is 2.74. The molecule has 0 saturated carbocycles. The minimum absolute atomic E-state index is 0. The molecule has 1 heteroatoms. The fourth-order valence-corrected chi connectivity index (χ4v) is 1.04. The fraction of sp³-hybridized carbons (Fsp3) is 0.400. The van der Waals surface area contributed by atoms with Gasteiger partial charge < -0.3 is 6.15 Å². The normalized spacial score (nSPS) is 8.91. The Morgan fingerprint density at radius 1 is 1.09 bits per heavy atom. The van der Waals surface area contributed by atoms with Crippen molar-refractivity contribution in [2.45, 2.75) is 26.7 Å². The number of hydrogen-bond donors (Lipinski definition) is 1. The molecule has 0 atom stereocenters. The third-order valence-electron chi connectivity index (χ3n) is 1.66. The molecule has 0 aliphatic carbocycles. The maximum absolute atomic E-state index is 2.21. The minimum Gasteiger partial charge on any atom is -0.344 e. The maximum Gasteiger partial charge on any atom is -0.0281 e. The molecule has 62 valence electrons. The van der Waals surface area contributed by atoms with Crippen molar-refractivity contribution in [2.75, 3.05) is 0 Å². The van der Waals surface area contributed by atoms with Gasteiger partial charge in [0.1, 0.15) is 0 Å². The molecule has 0 heterocycles. The second-order valence-electron chi connectivity index (χ2n) is 2.74. The Labute approximate surface area is 69.0 Å². The zero-order valence-corrected chi connectivity index (χ0v) is 7.43. The maximum atomic E-state index is 2.21. The first kappa shape index (κ1) is 10.2. The van der Waals surface area contributed by atoms with E-state index in [2.05, 4.69) is 38.1 Å². The van der Waals surface area contributed by atoms with Crippen molar-refractivity contribution in [1.29, 1.82) is 0 Å². The molecular formula is C10H17N. The number of hydrogen-bond acceptors (Lipinski definition) is 1. The highest BCUT2D eigenvalue weighted by Crippen LogP contribution is 2.04.